The molecule has 0 radical (unpaired) electrons. The Bertz CT molecular complexity index is 687. The number of methoxy groups -OCH3 is 1. The number of aromatic nitrogens is 1. The Hall–Kier alpha value is -2.15. The molecule has 7 heteroatoms. The smallest absolute Gasteiger partial charge is 0.256 e. The highest BCUT2D eigenvalue weighted by Gasteiger charge is 2.20. The number of rotatable bonds is 5. The molecule has 0 saturated carbocycles. The quantitative estimate of drug-likeness (QED) is 0.887. The van der Waals surface area contributed by atoms with Gasteiger partial charge in [-0.2, -0.15) is 4.37 Å². The zero-order valence-electron chi connectivity index (χ0n) is 12.9. The van der Waals surface area contributed by atoms with E-state index in [1.54, 1.807) is 33.0 Å². The summed E-state index contributed by atoms with van der Waals surface area (Å²) in [4.78, 5) is 12.4. The van der Waals surface area contributed by atoms with Gasteiger partial charge in [0, 0.05) is 7.05 Å². The van der Waals surface area contributed by atoms with Crippen molar-refractivity contribution >= 4 is 22.4 Å². The molecule has 1 unspecified atom stereocenters. The van der Waals surface area contributed by atoms with Gasteiger partial charge in [0.15, 0.2) is 11.6 Å². The molecule has 1 heterocycles. The van der Waals surface area contributed by atoms with Gasteiger partial charge in [0.1, 0.15) is 5.00 Å². The molecule has 0 saturated heterocycles. The van der Waals surface area contributed by atoms with Crippen LogP contribution >= 0.6 is 11.5 Å². The largest absolute Gasteiger partial charge is 0.494 e. The monoisotopic (exact) mass is 323 g/mol. The van der Waals surface area contributed by atoms with Gasteiger partial charge >= 0.3 is 0 Å². The van der Waals surface area contributed by atoms with Crippen molar-refractivity contribution in [3.8, 4) is 5.75 Å². The van der Waals surface area contributed by atoms with E-state index in [0.29, 0.717) is 21.8 Å². The van der Waals surface area contributed by atoms with Gasteiger partial charge in [0.2, 0.25) is 0 Å². The third kappa shape index (κ3) is 3.19. The second kappa shape index (κ2) is 6.74. The zero-order chi connectivity index (χ0) is 16.3. The molecule has 0 aliphatic rings. The topological polar surface area (TPSA) is 63.2 Å². The average molecular weight is 323 g/mol. The number of halogens is 1. The number of hydrogen-bond acceptors (Lipinski definition) is 5. The van der Waals surface area contributed by atoms with Gasteiger partial charge < -0.3 is 15.4 Å². The predicted molar refractivity (Wildman–Crippen MR) is 85.2 cm³/mol. The number of benzene rings is 1. The number of carbonyl (C=O) groups excluding carboxylic acids is 1. The average Bonchev–Trinajstić information content (AvgIpc) is 2.88. The molecule has 1 aromatic heterocycles. The fraction of sp³-hybridized carbons (Fsp3) is 0.333. The molecule has 0 bridgehead atoms. The third-order valence-corrected chi connectivity index (χ3v) is 4.30. The SMILES string of the molecule is CNc1snc(C)c1C(=O)NC(C)c1ccc(OC)c(F)c1. The van der Waals surface area contributed by atoms with E-state index in [4.69, 9.17) is 4.74 Å². The van der Waals surface area contributed by atoms with Gasteiger partial charge in [-0.3, -0.25) is 4.79 Å². The predicted octanol–water partition coefficient (Wildman–Crippen LogP) is 3.13. The first-order valence-corrected chi connectivity index (χ1v) is 7.53. The number of ether oxygens (including phenoxy) is 1. The van der Waals surface area contributed by atoms with Crippen molar-refractivity contribution in [1.29, 1.82) is 0 Å². The molecule has 2 N–H and O–H groups in total. The first-order chi connectivity index (χ1) is 10.5. The fourth-order valence-corrected chi connectivity index (χ4v) is 2.85. The third-order valence-electron chi connectivity index (χ3n) is 3.34. The number of hydrogen-bond donors (Lipinski definition) is 2. The number of nitrogens with one attached hydrogen (secondary N) is 2. The molecule has 0 aliphatic heterocycles. The lowest BCUT2D eigenvalue weighted by molar-refractivity contribution is 0.0940. The highest BCUT2D eigenvalue weighted by atomic mass is 32.1. The molecule has 2 rings (SSSR count). The second-order valence-corrected chi connectivity index (χ2v) is 5.58. The Balaban J connectivity index is 2.17. The minimum atomic E-state index is -0.453. The zero-order valence-corrected chi connectivity index (χ0v) is 13.7. The molecule has 1 aromatic carbocycles. The lowest BCUT2D eigenvalue weighted by Crippen LogP contribution is -2.27. The molecule has 0 aliphatic carbocycles. The van der Waals surface area contributed by atoms with Gasteiger partial charge in [0.25, 0.3) is 5.91 Å². The van der Waals surface area contributed by atoms with E-state index in [2.05, 4.69) is 15.0 Å². The molecule has 0 spiro atoms. The summed E-state index contributed by atoms with van der Waals surface area (Å²) < 4.78 is 22.8. The van der Waals surface area contributed by atoms with Gasteiger partial charge in [-0.05, 0) is 43.1 Å². The molecule has 0 fully saturated rings. The number of anilines is 1. The lowest BCUT2D eigenvalue weighted by Gasteiger charge is -2.15. The van der Waals surface area contributed by atoms with Crippen LogP contribution in [0.5, 0.6) is 5.75 Å². The first-order valence-electron chi connectivity index (χ1n) is 6.76. The van der Waals surface area contributed by atoms with Crippen LogP contribution in [0, 0.1) is 12.7 Å². The maximum Gasteiger partial charge on any atom is 0.256 e. The van der Waals surface area contributed by atoms with E-state index >= 15 is 0 Å². The van der Waals surface area contributed by atoms with Crippen LogP contribution in [0.1, 0.15) is 34.6 Å². The molecule has 2 aromatic rings. The number of aryl methyl sites for hydroxylation is 1. The molecular formula is C15H18FN3O2S. The van der Waals surface area contributed by atoms with E-state index < -0.39 is 5.82 Å². The summed E-state index contributed by atoms with van der Waals surface area (Å²) in [5.74, 6) is -0.512. The Labute approximate surface area is 132 Å². The number of amides is 1. The summed E-state index contributed by atoms with van der Waals surface area (Å²) in [5.41, 5.74) is 1.85. The van der Waals surface area contributed by atoms with Crippen molar-refractivity contribution < 1.29 is 13.9 Å². The van der Waals surface area contributed by atoms with Crippen molar-refractivity contribution in [2.45, 2.75) is 19.9 Å². The summed E-state index contributed by atoms with van der Waals surface area (Å²) in [6.45, 7) is 3.58. The normalized spacial score (nSPS) is 11.9. The highest BCUT2D eigenvalue weighted by molar-refractivity contribution is 7.10. The van der Waals surface area contributed by atoms with E-state index in [-0.39, 0.29) is 17.7 Å². The van der Waals surface area contributed by atoms with Crippen molar-refractivity contribution in [2.24, 2.45) is 0 Å². The minimum absolute atomic E-state index is 0.178. The number of carbonyl (C=O) groups is 1. The van der Waals surface area contributed by atoms with E-state index in [1.807, 2.05) is 0 Å². The van der Waals surface area contributed by atoms with Gasteiger partial charge in [-0.15, -0.1) is 0 Å². The highest BCUT2D eigenvalue weighted by Crippen LogP contribution is 2.26. The summed E-state index contributed by atoms with van der Waals surface area (Å²) >= 11 is 1.24. The van der Waals surface area contributed by atoms with Crippen LogP contribution in [0.2, 0.25) is 0 Å². The number of nitrogens with zero attached hydrogens (tertiary/aromatic N) is 1. The Morgan fingerprint density at radius 3 is 2.77 bits per heavy atom. The Kier molecular flexibility index (Phi) is 4.97. The second-order valence-electron chi connectivity index (χ2n) is 4.81. The van der Waals surface area contributed by atoms with Crippen LogP contribution < -0.4 is 15.4 Å². The summed E-state index contributed by atoms with van der Waals surface area (Å²) in [6.07, 6.45) is 0. The fourth-order valence-electron chi connectivity index (χ4n) is 2.11. The first kappa shape index (κ1) is 16.2. The van der Waals surface area contributed by atoms with E-state index in [1.165, 1.54) is 24.7 Å². The lowest BCUT2D eigenvalue weighted by atomic mass is 10.1. The van der Waals surface area contributed by atoms with Crippen LogP contribution in [0.4, 0.5) is 9.39 Å². The molecule has 1 amide bonds. The molecular weight excluding hydrogens is 305 g/mol. The van der Waals surface area contributed by atoms with Crippen LogP contribution in [-0.2, 0) is 0 Å². The van der Waals surface area contributed by atoms with Crippen LogP contribution in [0.15, 0.2) is 18.2 Å². The van der Waals surface area contributed by atoms with Gasteiger partial charge in [0.05, 0.1) is 24.4 Å². The van der Waals surface area contributed by atoms with Crippen LogP contribution in [0.3, 0.4) is 0 Å². The Morgan fingerprint density at radius 2 is 2.18 bits per heavy atom. The van der Waals surface area contributed by atoms with E-state index in [0.717, 1.165) is 0 Å². The molecule has 5 nitrogen and oxygen atoms in total. The van der Waals surface area contributed by atoms with Crippen molar-refractivity contribution in [3.05, 3.63) is 40.8 Å². The van der Waals surface area contributed by atoms with Crippen molar-refractivity contribution in [3.63, 3.8) is 0 Å². The van der Waals surface area contributed by atoms with Gasteiger partial charge in [-0.25, -0.2) is 4.39 Å². The minimum Gasteiger partial charge on any atom is -0.494 e. The molecule has 1 atom stereocenters. The summed E-state index contributed by atoms with van der Waals surface area (Å²) in [5, 5.41) is 6.52. The van der Waals surface area contributed by atoms with Crippen molar-refractivity contribution in [1.82, 2.24) is 9.69 Å². The van der Waals surface area contributed by atoms with E-state index in [9.17, 15) is 9.18 Å². The van der Waals surface area contributed by atoms with Crippen LogP contribution in [0.25, 0.3) is 0 Å². The maximum atomic E-state index is 13.7. The molecule has 118 valence electrons. The summed E-state index contributed by atoms with van der Waals surface area (Å²) in [6, 6.07) is 4.30. The summed E-state index contributed by atoms with van der Waals surface area (Å²) in [7, 11) is 3.15. The molecule has 22 heavy (non-hydrogen) atoms. The van der Waals surface area contributed by atoms with Crippen molar-refractivity contribution in [2.75, 3.05) is 19.5 Å². The Morgan fingerprint density at radius 1 is 1.45 bits per heavy atom. The van der Waals surface area contributed by atoms with Crippen LogP contribution in [-0.4, -0.2) is 24.4 Å². The standard InChI is InChI=1S/C15H18FN3O2S/c1-8(10-5-6-12(21-4)11(16)7-10)18-14(20)13-9(2)19-22-15(13)17-3/h5-8,17H,1-4H3,(H,18,20). The van der Waals surface area contributed by atoms with Gasteiger partial charge in [-0.1, -0.05) is 6.07 Å². The maximum absolute atomic E-state index is 13.7.